The van der Waals surface area contributed by atoms with Crippen LogP contribution in [0.1, 0.15) is 99.9 Å². The van der Waals surface area contributed by atoms with Crippen molar-refractivity contribution in [1.82, 2.24) is 0 Å². The van der Waals surface area contributed by atoms with Gasteiger partial charge in [0.15, 0.2) is 0 Å². The first-order valence-electron chi connectivity index (χ1n) is 25.5. The number of rotatable bonds is 5. The first kappa shape index (κ1) is 43.3. The van der Waals surface area contributed by atoms with Gasteiger partial charge in [-0.25, -0.2) is 0 Å². The van der Waals surface area contributed by atoms with E-state index in [9.17, 15) is 0 Å². The smallest absolute Gasteiger partial charge is 0.0726 e. The lowest BCUT2D eigenvalue weighted by Gasteiger charge is -2.34. The maximum Gasteiger partial charge on any atom is 0.0726 e. The van der Waals surface area contributed by atoms with Gasteiger partial charge in [-0.05, 0) is 147 Å². The van der Waals surface area contributed by atoms with Crippen LogP contribution < -0.4 is 4.90 Å². The van der Waals surface area contributed by atoms with Gasteiger partial charge in [-0.1, -0.05) is 237 Å². The van der Waals surface area contributed by atoms with Gasteiger partial charge in [0.25, 0.3) is 0 Å². The number of benzene rings is 10. The molecule has 71 heavy (non-hydrogen) atoms. The molecular weight excluding hydrogens is 855 g/mol. The third-order valence-corrected chi connectivity index (χ3v) is 16.4. The Labute approximate surface area is 420 Å². The van der Waals surface area contributed by atoms with Gasteiger partial charge in [-0.15, -0.1) is 0 Å². The lowest BCUT2D eigenvalue weighted by Crippen LogP contribution is -2.27. The van der Waals surface area contributed by atoms with Crippen LogP contribution in [0.2, 0.25) is 0 Å². The number of fused-ring (bicyclic) bond motifs is 15. The Hall–Kier alpha value is -7.74. The van der Waals surface area contributed by atoms with Gasteiger partial charge in [0, 0.05) is 22.4 Å². The van der Waals surface area contributed by atoms with E-state index >= 15 is 0 Å². The molecule has 13 rings (SSSR count). The number of nitrogens with zero attached hydrogens (tertiary/aromatic N) is 1. The number of hydrogen-bond acceptors (Lipinski definition) is 1. The molecule has 1 nitrogen and oxygen atoms in total. The maximum atomic E-state index is 2.56. The molecule has 0 saturated carbocycles. The average Bonchev–Trinajstić information content (AvgIpc) is 3.94. The first-order chi connectivity index (χ1) is 34.2. The van der Waals surface area contributed by atoms with Crippen LogP contribution in [0.5, 0.6) is 0 Å². The molecule has 0 radical (unpaired) electrons. The molecule has 3 aliphatic rings. The summed E-state index contributed by atoms with van der Waals surface area (Å²) in [7, 11) is 0. The third kappa shape index (κ3) is 6.31. The molecule has 0 amide bonds. The van der Waals surface area contributed by atoms with Gasteiger partial charge in [0.2, 0.25) is 0 Å². The first-order valence-corrected chi connectivity index (χ1v) is 25.5. The second kappa shape index (κ2) is 15.4. The fraction of sp³-hybridized carbons (Fsp3) is 0.171. The fourth-order valence-electron chi connectivity index (χ4n) is 12.9. The zero-order valence-electron chi connectivity index (χ0n) is 42.2. The summed E-state index contributed by atoms with van der Waals surface area (Å²) in [6.07, 6.45) is 0. The van der Waals surface area contributed by atoms with Crippen molar-refractivity contribution in [2.45, 2.75) is 77.0 Å². The largest absolute Gasteiger partial charge is 0.310 e. The Bertz CT molecular complexity index is 3730. The molecule has 0 atom stereocenters. The number of anilines is 3. The van der Waals surface area contributed by atoms with Crippen molar-refractivity contribution in [3.8, 4) is 55.6 Å². The molecule has 0 N–H and O–H groups in total. The van der Waals surface area contributed by atoms with Gasteiger partial charge >= 0.3 is 0 Å². The Kier molecular flexibility index (Phi) is 9.38. The van der Waals surface area contributed by atoms with Crippen LogP contribution in [-0.4, -0.2) is 0 Å². The van der Waals surface area contributed by atoms with Crippen molar-refractivity contribution >= 4 is 27.8 Å². The topological polar surface area (TPSA) is 3.24 Å². The SMILES string of the molecule is CC(C)(C)c1ccc2c(c1)C1(c3ccccc3-c3ccc(N(c4ccc(-c5ccccc5)cc4)c4ccccc4-c4cccc5c4-c4ccc6ccccc6c4C5(C)C)cc31)c1cc(C(C)(C)C)ccc1-2. The summed E-state index contributed by atoms with van der Waals surface area (Å²) in [5.41, 5.74) is 26.3. The van der Waals surface area contributed by atoms with Crippen molar-refractivity contribution < 1.29 is 0 Å². The highest BCUT2D eigenvalue weighted by molar-refractivity contribution is 6.04. The molecule has 0 aliphatic heterocycles. The number of hydrogen-bond donors (Lipinski definition) is 0. The van der Waals surface area contributed by atoms with Gasteiger partial charge in [0.05, 0.1) is 11.1 Å². The van der Waals surface area contributed by atoms with E-state index in [2.05, 4.69) is 273 Å². The highest BCUT2D eigenvalue weighted by Gasteiger charge is 2.52. The van der Waals surface area contributed by atoms with Gasteiger partial charge in [-0.3, -0.25) is 0 Å². The number of para-hydroxylation sites is 1. The van der Waals surface area contributed by atoms with Crippen LogP contribution in [-0.2, 0) is 21.7 Å². The van der Waals surface area contributed by atoms with Crippen molar-refractivity contribution in [2.24, 2.45) is 0 Å². The second-order valence-corrected chi connectivity index (χ2v) is 22.9. The molecule has 0 bridgehead atoms. The van der Waals surface area contributed by atoms with Crippen LogP contribution in [0.4, 0.5) is 17.1 Å². The summed E-state index contributed by atoms with van der Waals surface area (Å²) >= 11 is 0. The highest BCUT2D eigenvalue weighted by atomic mass is 15.1. The molecule has 0 unspecified atom stereocenters. The van der Waals surface area contributed by atoms with Crippen molar-refractivity contribution in [3.63, 3.8) is 0 Å². The fourth-order valence-corrected chi connectivity index (χ4v) is 12.9. The molecule has 0 fully saturated rings. The van der Waals surface area contributed by atoms with E-state index in [1.807, 2.05) is 0 Å². The average molecular weight is 914 g/mol. The van der Waals surface area contributed by atoms with Crippen molar-refractivity contribution in [3.05, 3.63) is 257 Å². The Morgan fingerprint density at radius 2 is 0.859 bits per heavy atom. The van der Waals surface area contributed by atoms with E-state index in [1.165, 1.54) is 111 Å². The van der Waals surface area contributed by atoms with Crippen LogP contribution >= 0.6 is 0 Å². The third-order valence-electron chi connectivity index (χ3n) is 16.4. The van der Waals surface area contributed by atoms with Crippen LogP contribution in [0.3, 0.4) is 0 Å². The van der Waals surface area contributed by atoms with E-state index < -0.39 is 5.41 Å². The predicted molar refractivity (Wildman–Crippen MR) is 301 cm³/mol. The van der Waals surface area contributed by atoms with E-state index in [0.717, 1.165) is 17.1 Å². The summed E-state index contributed by atoms with van der Waals surface area (Å²) in [5.74, 6) is 0. The molecule has 10 aromatic rings. The zero-order chi connectivity index (χ0) is 48.6. The molecule has 0 heterocycles. The lowest BCUT2D eigenvalue weighted by atomic mass is 9.68. The predicted octanol–water partition coefficient (Wildman–Crippen LogP) is 18.9. The summed E-state index contributed by atoms with van der Waals surface area (Å²) < 4.78 is 0. The minimum Gasteiger partial charge on any atom is -0.310 e. The summed E-state index contributed by atoms with van der Waals surface area (Å²) in [4.78, 5) is 2.54. The van der Waals surface area contributed by atoms with E-state index in [-0.39, 0.29) is 16.2 Å². The minimum absolute atomic E-state index is 0.0305. The Morgan fingerprint density at radius 3 is 1.55 bits per heavy atom. The highest BCUT2D eigenvalue weighted by Crippen LogP contribution is 2.64. The van der Waals surface area contributed by atoms with Crippen molar-refractivity contribution in [2.75, 3.05) is 4.90 Å². The quantitative estimate of drug-likeness (QED) is 0.166. The van der Waals surface area contributed by atoms with Gasteiger partial charge < -0.3 is 4.90 Å². The summed E-state index contributed by atoms with van der Waals surface area (Å²) in [6.45, 7) is 18.9. The van der Waals surface area contributed by atoms with E-state index in [0.29, 0.717) is 0 Å². The van der Waals surface area contributed by atoms with Crippen LogP contribution in [0, 0.1) is 0 Å². The van der Waals surface area contributed by atoms with Gasteiger partial charge in [0.1, 0.15) is 0 Å². The molecule has 344 valence electrons. The standard InChI is InChI=1S/C70H59N/c1-67(2,3)47-32-38-53-54-39-33-48(68(4,5)6)42-62(54)70(61(53)41-47)59-26-16-14-23-52(59)55-40-36-50(43-63(55)70)71(49-34-29-45(30-35-49)44-19-10-9-11-20-44)64-28-17-15-24-56(64)57-25-18-27-60-65(57)58-37-31-46-21-12-13-22-51(46)66(58)69(60,7)8/h9-43H,1-8H3. The minimum atomic E-state index is -0.532. The normalized spacial score (nSPS) is 14.4. The van der Waals surface area contributed by atoms with Crippen LogP contribution in [0.15, 0.2) is 212 Å². The Morgan fingerprint density at radius 1 is 0.352 bits per heavy atom. The molecule has 3 aliphatic carbocycles. The summed E-state index contributed by atoms with van der Waals surface area (Å²) in [5, 5.41) is 2.62. The van der Waals surface area contributed by atoms with Crippen molar-refractivity contribution in [1.29, 1.82) is 0 Å². The lowest BCUT2D eigenvalue weighted by molar-refractivity contribution is 0.586. The zero-order valence-corrected chi connectivity index (χ0v) is 42.2. The molecule has 1 spiro atoms. The second-order valence-electron chi connectivity index (χ2n) is 22.9. The molecule has 1 heteroatoms. The van der Waals surface area contributed by atoms with E-state index in [4.69, 9.17) is 0 Å². The molecule has 0 aromatic heterocycles. The Balaban J connectivity index is 1.08. The van der Waals surface area contributed by atoms with Crippen LogP contribution in [0.25, 0.3) is 66.4 Å². The summed E-state index contributed by atoms with van der Waals surface area (Å²) in [6, 6.07) is 81.0. The molecular formula is C70H59N. The molecule has 10 aromatic carbocycles. The van der Waals surface area contributed by atoms with E-state index in [1.54, 1.807) is 0 Å². The maximum absolute atomic E-state index is 2.56. The monoisotopic (exact) mass is 913 g/mol. The molecule has 0 saturated heterocycles. The van der Waals surface area contributed by atoms with Gasteiger partial charge in [-0.2, -0.15) is 0 Å².